The molecular weight excluding hydrogens is 222 g/mol. The second-order valence-corrected chi connectivity index (χ2v) is 5.53. The number of hydrogen-bond donors (Lipinski definition) is 2. The molecule has 0 saturated carbocycles. The maximum absolute atomic E-state index is 5.90. The van der Waals surface area contributed by atoms with Crippen LogP contribution in [0.25, 0.3) is 0 Å². The van der Waals surface area contributed by atoms with Gasteiger partial charge in [0.2, 0.25) is 0 Å². The lowest BCUT2D eigenvalue weighted by Gasteiger charge is -2.29. The van der Waals surface area contributed by atoms with Crippen LogP contribution in [0.4, 0.5) is 11.4 Å². The van der Waals surface area contributed by atoms with Crippen LogP contribution >= 0.6 is 0 Å². The van der Waals surface area contributed by atoms with E-state index in [0.717, 1.165) is 29.4 Å². The van der Waals surface area contributed by atoms with E-state index < -0.39 is 0 Å². The number of likely N-dealkylation sites (tertiary alicyclic amines) is 1. The molecule has 0 bridgehead atoms. The highest BCUT2D eigenvalue weighted by Gasteiger charge is 2.15. The van der Waals surface area contributed by atoms with Gasteiger partial charge in [0.1, 0.15) is 0 Å². The lowest BCUT2D eigenvalue weighted by Crippen LogP contribution is -2.30. The van der Waals surface area contributed by atoms with E-state index in [4.69, 9.17) is 5.73 Å². The first-order chi connectivity index (χ1) is 8.65. The Labute approximate surface area is 110 Å². The fourth-order valence-electron chi connectivity index (χ4n) is 2.52. The van der Waals surface area contributed by atoms with E-state index in [1.807, 2.05) is 13.0 Å². The van der Waals surface area contributed by atoms with Gasteiger partial charge in [0.25, 0.3) is 0 Å². The lowest BCUT2D eigenvalue weighted by molar-refractivity contribution is 0.215. The van der Waals surface area contributed by atoms with Crippen LogP contribution in [0.1, 0.15) is 24.8 Å². The fraction of sp³-hybridized carbons (Fsp3) is 0.600. The Morgan fingerprint density at radius 2 is 2.06 bits per heavy atom. The Balaban J connectivity index is 1.73. The standard InChI is InChI=1S/C15H25N3/c1-12-3-4-14(11-15(12)16)17-8-5-13-6-9-18(2)10-7-13/h3-4,11,13,17H,5-10,16H2,1-2H3. The molecule has 1 aromatic rings. The summed E-state index contributed by atoms with van der Waals surface area (Å²) in [4.78, 5) is 2.42. The molecule has 1 aromatic carbocycles. The van der Waals surface area contributed by atoms with Gasteiger partial charge in [0.05, 0.1) is 0 Å². The number of aryl methyl sites for hydroxylation is 1. The molecule has 0 spiro atoms. The lowest BCUT2D eigenvalue weighted by atomic mass is 9.94. The van der Waals surface area contributed by atoms with Crippen LogP contribution < -0.4 is 11.1 Å². The summed E-state index contributed by atoms with van der Waals surface area (Å²) in [6.45, 7) is 5.60. The second-order valence-electron chi connectivity index (χ2n) is 5.53. The molecule has 1 aliphatic rings. The van der Waals surface area contributed by atoms with Gasteiger partial charge in [0, 0.05) is 17.9 Å². The number of nitrogens with zero attached hydrogens (tertiary/aromatic N) is 1. The minimum Gasteiger partial charge on any atom is -0.398 e. The van der Waals surface area contributed by atoms with Crippen molar-refractivity contribution in [3.8, 4) is 0 Å². The van der Waals surface area contributed by atoms with Crippen molar-refractivity contribution in [1.29, 1.82) is 0 Å². The maximum Gasteiger partial charge on any atom is 0.0364 e. The molecular formula is C15H25N3. The van der Waals surface area contributed by atoms with E-state index in [1.54, 1.807) is 0 Å². The molecule has 2 rings (SSSR count). The first-order valence-electron chi connectivity index (χ1n) is 6.93. The maximum atomic E-state index is 5.90. The molecule has 18 heavy (non-hydrogen) atoms. The smallest absolute Gasteiger partial charge is 0.0364 e. The van der Waals surface area contributed by atoms with Gasteiger partial charge in [0.15, 0.2) is 0 Å². The van der Waals surface area contributed by atoms with Crippen molar-refractivity contribution >= 4 is 11.4 Å². The molecule has 0 radical (unpaired) electrons. The fourth-order valence-corrected chi connectivity index (χ4v) is 2.52. The number of nitrogens with one attached hydrogen (secondary N) is 1. The van der Waals surface area contributed by atoms with Gasteiger partial charge in [-0.15, -0.1) is 0 Å². The highest BCUT2D eigenvalue weighted by Crippen LogP contribution is 2.21. The van der Waals surface area contributed by atoms with Crippen LogP contribution in [0.2, 0.25) is 0 Å². The van der Waals surface area contributed by atoms with Crippen LogP contribution in [0.15, 0.2) is 18.2 Å². The topological polar surface area (TPSA) is 41.3 Å². The molecule has 1 aliphatic heterocycles. The van der Waals surface area contributed by atoms with Gasteiger partial charge in [-0.3, -0.25) is 0 Å². The predicted molar refractivity (Wildman–Crippen MR) is 78.9 cm³/mol. The van der Waals surface area contributed by atoms with E-state index >= 15 is 0 Å². The second kappa shape index (κ2) is 6.10. The first-order valence-corrected chi connectivity index (χ1v) is 6.93. The number of benzene rings is 1. The van der Waals surface area contributed by atoms with Gasteiger partial charge in [-0.25, -0.2) is 0 Å². The van der Waals surface area contributed by atoms with E-state index in [0.29, 0.717) is 0 Å². The van der Waals surface area contributed by atoms with Crippen LogP contribution in [0.3, 0.4) is 0 Å². The average Bonchev–Trinajstić information content (AvgIpc) is 2.36. The Bertz CT molecular complexity index is 381. The highest BCUT2D eigenvalue weighted by molar-refractivity contribution is 5.58. The number of rotatable bonds is 4. The zero-order chi connectivity index (χ0) is 13.0. The van der Waals surface area contributed by atoms with Gasteiger partial charge < -0.3 is 16.0 Å². The minimum atomic E-state index is 0.874. The van der Waals surface area contributed by atoms with Crippen molar-refractivity contribution in [1.82, 2.24) is 4.90 Å². The Kier molecular flexibility index (Phi) is 4.48. The minimum absolute atomic E-state index is 0.874. The largest absolute Gasteiger partial charge is 0.398 e. The van der Waals surface area contributed by atoms with Crippen molar-refractivity contribution in [2.75, 3.05) is 37.7 Å². The zero-order valence-corrected chi connectivity index (χ0v) is 11.6. The van der Waals surface area contributed by atoms with Crippen molar-refractivity contribution in [3.05, 3.63) is 23.8 Å². The van der Waals surface area contributed by atoms with E-state index in [2.05, 4.69) is 29.4 Å². The summed E-state index contributed by atoms with van der Waals surface area (Å²) in [6, 6.07) is 6.22. The first kappa shape index (κ1) is 13.2. The molecule has 1 fully saturated rings. The Morgan fingerprint density at radius 1 is 1.33 bits per heavy atom. The highest BCUT2D eigenvalue weighted by atomic mass is 15.1. The average molecular weight is 247 g/mol. The number of anilines is 2. The van der Waals surface area contributed by atoms with E-state index in [1.165, 1.54) is 32.4 Å². The molecule has 3 N–H and O–H groups in total. The third-order valence-corrected chi connectivity index (χ3v) is 4.00. The third-order valence-electron chi connectivity index (χ3n) is 4.00. The normalized spacial score (nSPS) is 17.9. The van der Waals surface area contributed by atoms with Crippen molar-refractivity contribution in [2.24, 2.45) is 5.92 Å². The molecule has 0 unspecified atom stereocenters. The van der Waals surface area contributed by atoms with Crippen LogP contribution in [-0.2, 0) is 0 Å². The van der Waals surface area contributed by atoms with E-state index in [-0.39, 0.29) is 0 Å². The van der Waals surface area contributed by atoms with Gasteiger partial charge in [-0.05, 0) is 69.9 Å². The molecule has 1 heterocycles. The quantitative estimate of drug-likeness (QED) is 0.804. The van der Waals surface area contributed by atoms with Crippen LogP contribution in [0, 0.1) is 12.8 Å². The van der Waals surface area contributed by atoms with Gasteiger partial charge >= 0.3 is 0 Å². The summed E-state index contributed by atoms with van der Waals surface area (Å²) in [6.07, 6.45) is 3.95. The van der Waals surface area contributed by atoms with Crippen LogP contribution in [0.5, 0.6) is 0 Å². The van der Waals surface area contributed by atoms with Crippen LogP contribution in [-0.4, -0.2) is 31.6 Å². The SMILES string of the molecule is Cc1ccc(NCCC2CCN(C)CC2)cc1N. The number of hydrogen-bond acceptors (Lipinski definition) is 3. The summed E-state index contributed by atoms with van der Waals surface area (Å²) < 4.78 is 0. The van der Waals surface area contributed by atoms with Crippen molar-refractivity contribution in [2.45, 2.75) is 26.2 Å². The monoisotopic (exact) mass is 247 g/mol. The Hall–Kier alpha value is -1.22. The molecule has 0 atom stereocenters. The molecule has 0 amide bonds. The van der Waals surface area contributed by atoms with Crippen molar-refractivity contribution in [3.63, 3.8) is 0 Å². The van der Waals surface area contributed by atoms with Gasteiger partial charge in [-0.2, -0.15) is 0 Å². The molecule has 0 aliphatic carbocycles. The molecule has 3 heteroatoms. The summed E-state index contributed by atoms with van der Waals surface area (Å²) >= 11 is 0. The summed E-state index contributed by atoms with van der Waals surface area (Å²) in [5.74, 6) is 0.886. The number of piperidine rings is 1. The zero-order valence-electron chi connectivity index (χ0n) is 11.6. The summed E-state index contributed by atoms with van der Waals surface area (Å²) in [5, 5.41) is 3.48. The summed E-state index contributed by atoms with van der Waals surface area (Å²) in [7, 11) is 2.21. The third kappa shape index (κ3) is 3.64. The summed E-state index contributed by atoms with van der Waals surface area (Å²) in [5.41, 5.74) is 9.07. The predicted octanol–water partition coefficient (Wildman–Crippen LogP) is 2.72. The molecule has 0 aromatic heterocycles. The Morgan fingerprint density at radius 3 is 2.72 bits per heavy atom. The molecule has 3 nitrogen and oxygen atoms in total. The van der Waals surface area contributed by atoms with Gasteiger partial charge in [-0.1, -0.05) is 6.07 Å². The number of nitrogen functional groups attached to an aromatic ring is 1. The number of nitrogens with two attached hydrogens (primary N) is 1. The molecule has 1 saturated heterocycles. The van der Waals surface area contributed by atoms with Crippen molar-refractivity contribution < 1.29 is 0 Å². The molecule has 100 valence electrons. The van der Waals surface area contributed by atoms with E-state index in [9.17, 15) is 0 Å².